The summed E-state index contributed by atoms with van der Waals surface area (Å²) in [7, 11) is 0. The highest BCUT2D eigenvalue weighted by atomic mass is 16.3. The van der Waals surface area contributed by atoms with E-state index in [0.717, 1.165) is 16.5 Å². The Hall–Kier alpha value is -2.42. The Bertz CT molecular complexity index is 708. The quantitative estimate of drug-likeness (QED) is 0.705. The van der Waals surface area contributed by atoms with E-state index in [2.05, 4.69) is 10.2 Å². The Balaban J connectivity index is 2.33. The first kappa shape index (κ1) is 10.7. The molecule has 0 bridgehead atoms. The van der Waals surface area contributed by atoms with Crippen molar-refractivity contribution in [3.05, 3.63) is 54.1 Å². The SMILES string of the molecule is Cc1cccc2nnc(-c3ccccc3)c(O)c12. The van der Waals surface area contributed by atoms with E-state index < -0.39 is 0 Å². The second-order valence-corrected chi connectivity index (χ2v) is 4.23. The highest BCUT2D eigenvalue weighted by Gasteiger charge is 2.12. The van der Waals surface area contributed by atoms with E-state index in [-0.39, 0.29) is 5.75 Å². The Labute approximate surface area is 105 Å². The van der Waals surface area contributed by atoms with E-state index in [1.165, 1.54) is 0 Å². The first-order valence-corrected chi connectivity index (χ1v) is 5.78. The van der Waals surface area contributed by atoms with Crippen LogP contribution in [-0.4, -0.2) is 15.3 Å². The second kappa shape index (κ2) is 4.11. The van der Waals surface area contributed by atoms with Gasteiger partial charge in [0.25, 0.3) is 0 Å². The molecule has 0 saturated heterocycles. The largest absolute Gasteiger partial charge is 0.505 e. The number of fused-ring (bicyclic) bond motifs is 1. The van der Waals surface area contributed by atoms with E-state index in [4.69, 9.17) is 0 Å². The number of rotatable bonds is 1. The van der Waals surface area contributed by atoms with Crippen LogP contribution >= 0.6 is 0 Å². The second-order valence-electron chi connectivity index (χ2n) is 4.23. The lowest BCUT2D eigenvalue weighted by Crippen LogP contribution is -1.92. The molecule has 0 aliphatic carbocycles. The minimum absolute atomic E-state index is 0.198. The average molecular weight is 236 g/mol. The molecule has 2 aromatic carbocycles. The summed E-state index contributed by atoms with van der Waals surface area (Å²) in [5.41, 5.74) is 3.11. The fraction of sp³-hybridized carbons (Fsp3) is 0.0667. The maximum atomic E-state index is 10.4. The fourth-order valence-electron chi connectivity index (χ4n) is 2.10. The summed E-state index contributed by atoms with van der Waals surface area (Å²) in [6.45, 7) is 1.96. The Morgan fingerprint density at radius 2 is 1.67 bits per heavy atom. The summed E-state index contributed by atoms with van der Waals surface area (Å²) in [5, 5.41) is 19.4. The van der Waals surface area contributed by atoms with Crippen LogP contribution < -0.4 is 0 Å². The molecule has 0 fully saturated rings. The van der Waals surface area contributed by atoms with Crippen molar-refractivity contribution in [3.8, 4) is 17.0 Å². The first-order chi connectivity index (χ1) is 8.77. The molecule has 3 nitrogen and oxygen atoms in total. The molecule has 1 N–H and O–H groups in total. The van der Waals surface area contributed by atoms with Crippen molar-refractivity contribution in [2.24, 2.45) is 0 Å². The first-order valence-electron chi connectivity index (χ1n) is 5.78. The highest BCUT2D eigenvalue weighted by molar-refractivity contribution is 5.92. The summed E-state index contributed by atoms with van der Waals surface area (Å²) < 4.78 is 0. The Morgan fingerprint density at radius 3 is 2.44 bits per heavy atom. The predicted molar refractivity (Wildman–Crippen MR) is 71.4 cm³/mol. The van der Waals surface area contributed by atoms with Crippen molar-refractivity contribution in [2.45, 2.75) is 6.92 Å². The van der Waals surface area contributed by atoms with Crippen molar-refractivity contribution in [3.63, 3.8) is 0 Å². The lowest BCUT2D eigenvalue weighted by atomic mass is 10.1. The van der Waals surface area contributed by atoms with Gasteiger partial charge >= 0.3 is 0 Å². The lowest BCUT2D eigenvalue weighted by Gasteiger charge is -2.07. The van der Waals surface area contributed by atoms with Crippen LogP contribution in [0.3, 0.4) is 0 Å². The van der Waals surface area contributed by atoms with Crippen LogP contribution in [-0.2, 0) is 0 Å². The monoisotopic (exact) mass is 236 g/mol. The third-order valence-electron chi connectivity index (χ3n) is 3.02. The number of hydrogen-bond donors (Lipinski definition) is 1. The van der Waals surface area contributed by atoms with Gasteiger partial charge in [0.05, 0.1) is 5.52 Å². The van der Waals surface area contributed by atoms with Crippen LogP contribution in [0.15, 0.2) is 48.5 Å². The molecule has 3 aromatic rings. The van der Waals surface area contributed by atoms with Gasteiger partial charge in [-0.05, 0) is 18.6 Å². The normalized spacial score (nSPS) is 10.7. The molecule has 3 rings (SSSR count). The third kappa shape index (κ3) is 1.61. The summed E-state index contributed by atoms with van der Waals surface area (Å²) >= 11 is 0. The topological polar surface area (TPSA) is 46.0 Å². The van der Waals surface area contributed by atoms with Crippen molar-refractivity contribution in [1.82, 2.24) is 10.2 Å². The highest BCUT2D eigenvalue weighted by Crippen LogP contribution is 2.34. The van der Waals surface area contributed by atoms with Crippen LogP contribution in [0.25, 0.3) is 22.2 Å². The maximum absolute atomic E-state index is 10.4. The zero-order chi connectivity index (χ0) is 12.5. The van der Waals surface area contributed by atoms with Crippen molar-refractivity contribution < 1.29 is 5.11 Å². The van der Waals surface area contributed by atoms with Gasteiger partial charge in [0.15, 0.2) is 5.75 Å². The number of aromatic nitrogens is 2. The molecule has 0 radical (unpaired) electrons. The minimum atomic E-state index is 0.198. The molecule has 88 valence electrons. The van der Waals surface area contributed by atoms with Gasteiger partial charge in [-0.3, -0.25) is 0 Å². The van der Waals surface area contributed by atoms with Crippen LogP contribution in [0.1, 0.15) is 5.56 Å². The van der Waals surface area contributed by atoms with Gasteiger partial charge in [0.2, 0.25) is 0 Å². The smallest absolute Gasteiger partial charge is 0.153 e. The van der Waals surface area contributed by atoms with Gasteiger partial charge in [-0.15, -0.1) is 10.2 Å². The molecule has 3 heteroatoms. The Morgan fingerprint density at radius 1 is 0.889 bits per heavy atom. The van der Waals surface area contributed by atoms with Gasteiger partial charge in [-0.2, -0.15) is 0 Å². The zero-order valence-corrected chi connectivity index (χ0v) is 9.96. The van der Waals surface area contributed by atoms with Crippen molar-refractivity contribution in [2.75, 3.05) is 0 Å². The molecule has 0 unspecified atom stereocenters. The van der Waals surface area contributed by atoms with E-state index in [1.807, 2.05) is 55.5 Å². The number of benzene rings is 2. The van der Waals surface area contributed by atoms with Crippen molar-refractivity contribution in [1.29, 1.82) is 0 Å². The maximum Gasteiger partial charge on any atom is 0.153 e. The molecule has 18 heavy (non-hydrogen) atoms. The molecule has 1 aromatic heterocycles. The van der Waals surface area contributed by atoms with Gasteiger partial charge < -0.3 is 5.11 Å². The molecule has 1 heterocycles. The van der Waals surface area contributed by atoms with E-state index >= 15 is 0 Å². The third-order valence-corrected chi connectivity index (χ3v) is 3.02. The van der Waals surface area contributed by atoms with Crippen LogP contribution in [0.5, 0.6) is 5.75 Å². The molecular formula is C15H12N2O. The van der Waals surface area contributed by atoms with E-state index in [1.54, 1.807) is 0 Å². The number of aryl methyl sites for hydroxylation is 1. The van der Waals surface area contributed by atoms with Crippen LogP contribution in [0.2, 0.25) is 0 Å². The summed E-state index contributed by atoms with van der Waals surface area (Å²) in [4.78, 5) is 0. The van der Waals surface area contributed by atoms with E-state index in [0.29, 0.717) is 11.2 Å². The van der Waals surface area contributed by atoms with Gasteiger partial charge in [0.1, 0.15) is 5.69 Å². The molecule has 0 amide bonds. The average Bonchev–Trinajstić information content (AvgIpc) is 2.40. The number of aromatic hydroxyl groups is 1. The number of hydrogen-bond acceptors (Lipinski definition) is 3. The summed E-state index contributed by atoms with van der Waals surface area (Å²) in [6.07, 6.45) is 0. The van der Waals surface area contributed by atoms with Gasteiger partial charge in [-0.1, -0.05) is 42.5 Å². The molecule has 0 spiro atoms. The molecule has 0 saturated carbocycles. The number of nitrogens with zero attached hydrogens (tertiary/aromatic N) is 2. The van der Waals surface area contributed by atoms with E-state index in [9.17, 15) is 5.11 Å². The predicted octanol–water partition coefficient (Wildman–Crippen LogP) is 3.31. The standard InChI is InChI=1S/C15H12N2O/c1-10-6-5-9-12-13(10)15(18)14(17-16-12)11-7-3-2-4-8-11/h2-9H,1H3,(H,16,18). The summed E-state index contributed by atoms with van der Waals surface area (Å²) in [6, 6.07) is 15.3. The lowest BCUT2D eigenvalue weighted by molar-refractivity contribution is 0.480. The minimum Gasteiger partial charge on any atom is -0.505 e. The van der Waals surface area contributed by atoms with Gasteiger partial charge in [-0.25, -0.2) is 0 Å². The van der Waals surface area contributed by atoms with Crippen molar-refractivity contribution >= 4 is 10.9 Å². The Kier molecular flexibility index (Phi) is 2.45. The zero-order valence-electron chi connectivity index (χ0n) is 9.96. The fourth-order valence-corrected chi connectivity index (χ4v) is 2.10. The molecular weight excluding hydrogens is 224 g/mol. The summed E-state index contributed by atoms with van der Waals surface area (Å²) in [5.74, 6) is 0.198. The van der Waals surface area contributed by atoms with Crippen LogP contribution in [0, 0.1) is 6.92 Å². The molecule has 0 aliphatic heterocycles. The molecule has 0 atom stereocenters. The van der Waals surface area contributed by atoms with Gasteiger partial charge in [0, 0.05) is 10.9 Å². The molecule has 0 aliphatic rings. The van der Waals surface area contributed by atoms with Crippen LogP contribution in [0.4, 0.5) is 0 Å².